The standard InChI is InChI=1S/C15H20N2O/c1-18-11-5-10(6-17-7-11)15(16)14-12-8-2-3-9(4-8)13(12)14/h5-9,12-15H,2-4,16H2,1H3. The molecular weight excluding hydrogens is 224 g/mol. The second-order valence-corrected chi connectivity index (χ2v) is 6.25. The van der Waals surface area contributed by atoms with Crippen LogP contribution in [0.5, 0.6) is 5.75 Å². The summed E-state index contributed by atoms with van der Waals surface area (Å²) in [6.45, 7) is 0. The number of pyridine rings is 1. The molecule has 96 valence electrons. The average Bonchev–Trinajstić information content (AvgIpc) is 2.85. The number of aromatic nitrogens is 1. The van der Waals surface area contributed by atoms with E-state index in [1.165, 1.54) is 19.3 Å². The lowest BCUT2D eigenvalue weighted by molar-refractivity contribution is 0.403. The van der Waals surface area contributed by atoms with Crippen molar-refractivity contribution >= 4 is 0 Å². The highest BCUT2D eigenvalue weighted by Gasteiger charge is 2.66. The SMILES string of the molecule is COc1cncc(C(N)C2C3C4CCC(C4)C32)c1. The number of rotatable bonds is 3. The van der Waals surface area contributed by atoms with Gasteiger partial charge < -0.3 is 10.5 Å². The van der Waals surface area contributed by atoms with Crippen LogP contribution in [0, 0.1) is 29.6 Å². The molecule has 3 nitrogen and oxygen atoms in total. The zero-order valence-electron chi connectivity index (χ0n) is 10.8. The highest BCUT2D eigenvalue weighted by molar-refractivity contribution is 5.29. The zero-order valence-corrected chi connectivity index (χ0v) is 10.8. The first-order chi connectivity index (χ1) is 8.79. The van der Waals surface area contributed by atoms with Crippen LogP contribution in [0.1, 0.15) is 30.9 Å². The van der Waals surface area contributed by atoms with Crippen molar-refractivity contribution in [2.75, 3.05) is 7.11 Å². The first-order valence-corrected chi connectivity index (χ1v) is 7.04. The predicted molar refractivity (Wildman–Crippen MR) is 69.0 cm³/mol. The summed E-state index contributed by atoms with van der Waals surface area (Å²) in [6, 6.07) is 2.21. The van der Waals surface area contributed by atoms with Crippen molar-refractivity contribution in [1.82, 2.24) is 4.98 Å². The molecule has 1 heterocycles. The Bertz CT molecular complexity index is 459. The molecule has 2 bridgehead atoms. The minimum atomic E-state index is 0.158. The van der Waals surface area contributed by atoms with E-state index in [0.29, 0.717) is 5.92 Å². The molecule has 3 fully saturated rings. The summed E-state index contributed by atoms with van der Waals surface area (Å²) in [5.74, 6) is 5.33. The van der Waals surface area contributed by atoms with Gasteiger partial charge in [0.25, 0.3) is 0 Å². The third kappa shape index (κ3) is 1.37. The van der Waals surface area contributed by atoms with Crippen LogP contribution in [0.2, 0.25) is 0 Å². The van der Waals surface area contributed by atoms with Gasteiger partial charge in [-0.25, -0.2) is 0 Å². The summed E-state index contributed by atoms with van der Waals surface area (Å²) in [5.41, 5.74) is 7.62. The van der Waals surface area contributed by atoms with Gasteiger partial charge in [0.05, 0.1) is 13.3 Å². The van der Waals surface area contributed by atoms with E-state index in [9.17, 15) is 0 Å². The summed E-state index contributed by atoms with van der Waals surface area (Å²) >= 11 is 0. The molecule has 4 rings (SSSR count). The maximum Gasteiger partial charge on any atom is 0.137 e. The van der Waals surface area contributed by atoms with Crippen LogP contribution in [-0.4, -0.2) is 12.1 Å². The third-order valence-electron chi connectivity index (χ3n) is 5.56. The van der Waals surface area contributed by atoms with Gasteiger partial charge in [0.2, 0.25) is 0 Å². The number of hydrogen-bond acceptors (Lipinski definition) is 3. The molecule has 3 aliphatic carbocycles. The Balaban J connectivity index is 1.56. The van der Waals surface area contributed by atoms with E-state index >= 15 is 0 Å². The molecule has 0 amide bonds. The first-order valence-electron chi connectivity index (χ1n) is 7.04. The Morgan fingerprint density at radius 1 is 1.28 bits per heavy atom. The summed E-state index contributed by atoms with van der Waals surface area (Å²) in [6.07, 6.45) is 8.03. The monoisotopic (exact) mass is 244 g/mol. The van der Waals surface area contributed by atoms with Crippen molar-refractivity contribution in [3.8, 4) is 5.75 Å². The van der Waals surface area contributed by atoms with Crippen LogP contribution in [0.4, 0.5) is 0 Å². The Hall–Kier alpha value is -1.09. The number of methoxy groups -OCH3 is 1. The Morgan fingerprint density at radius 3 is 2.67 bits per heavy atom. The molecule has 0 aliphatic heterocycles. The summed E-state index contributed by atoms with van der Waals surface area (Å²) in [5, 5.41) is 0. The normalized spacial score (nSPS) is 41.6. The highest BCUT2D eigenvalue weighted by atomic mass is 16.5. The second-order valence-electron chi connectivity index (χ2n) is 6.25. The fourth-order valence-electron chi connectivity index (χ4n) is 4.82. The zero-order chi connectivity index (χ0) is 12.3. The van der Waals surface area contributed by atoms with Crippen LogP contribution >= 0.6 is 0 Å². The van der Waals surface area contributed by atoms with E-state index in [0.717, 1.165) is 35.0 Å². The van der Waals surface area contributed by atoms with Gasteiger partial charge in [0, 0.05) is 12.2 Å². The molecular formula is C15H20N2O. The topological polar surface area (TPSA) is 48.1 Å². The van der Waals surface area contributed by atoms with Gasteiger partial charge in [0.1, 0.15) is 5.75 Å². The maximum absolute atomic E-state index is 6.47. The van der Waals surface area contributed by atoms with Crippen molar-refractivity contribution in [3.63, 3.8) is 0 Å². The molecule has 5 unspecified atom stereocenters. The summed E-state index contributed by atoms with van der Waals surface area (Å²) in [4.78, 5) is 4.23. The van der Waals surface area contributed by atoms with Crippen LogP contribution in [0.3, 0.4) is 0 Å². The van der Waals surface area contributed by atoms with Crippen molar-refractivity contribution in [1.29, 1.82) is 0 Å². The fourth-order valence-corrected chi connectivity index (χ4v) is 4.82. The highest BCUT2D eigenvalue weighted by Crippen LogP contribution is 2.71. The minimum absolute atomic E-state index is 0.158. The van der Waals surface area contributed by atoms with Crippen molar-refractivity contribution in [3.05, 3.63) is 24.0 Å². The lowest BCUT2D eigenvalue weighted by Gasteiger charge is -2.16. The molecule has 0 spiro atoms. The van der Waals surface area contributed by atoms with Crippen LogP contribution in [0.25, 0.3) is 0 Å². The van der Waals surface area contributed by atoms with Crippen molar-refractivity contribution in [2.45, 2.75) is 25.3 Å². The molecule has 2 N–H and O–H groups in total. The average molecular weight is 244 g/mol. The van der Waals surface area contributed by atoms with Crippen LogP contribution in [-0.2, 0) is 0 Å². The lowest BCUT2D eigenvalue weighted by atomic mass is 9.94. The molecule has 0 saturated heterocycles. The number of hydrogen-bond donors (Lipinski definition) is 1. The molecule has 3 heteroatoms. The van der Waals surface area contributed by atoms with E-state index < -0.39 is 0 Å². The predicted octanol–water partition coefficient (Wildman–Crippen LogP) is 2.38. The van der Waals surface area contributed by atoms with Gasteiger partial charge >= 0.3 is 0 Å². The van der Waals surface area contributed by atoms with Gasteiger partial charge in [0.15, 0.2) is 0 Å². The molecule has 1 aromatic heterocycles. The van der Waals surface area contributed by atoms with Gasteiger partial charge in [-0.2, -0.15) is 0 Å². The molecule has 5 atom stereocenters. The largest absolute Gasteiger partial charge is 0.495 e. The Morgan fingerprint density at radius 2 is 2.00 bits per heavy atom. The molecule has 0 radical (unpaired) electrons. The van der Waals surface area contributed by atoms with Crippen LogP contribution in [0.15, 0.2) is 18.5 Å². The summed E-state index contributed by atoms with van der Waals surface area (Å²) < 4.78 is 5.24. The van der Waals surface area contributed by atoms with E-state index in [1.54, 1.807) is 13.3 Å². The summed E-state index contributed by atoms with van der Waals surface area (Å²) in [7, 11) is 1.68. The second kappa shape index (κ2) is 3.70. The van der Waals surface area contributed by atoms with Crippen molar-refractivity contribution < 1.29 is 4.74 Å². The maximum atomic E-state index is 6.47. The van der Waals surface area contributed by atoms with Crippen LogP contribution < -0.4 is 10.5 Å². The van der Waals surface area contributed by atoms with E-state index in [4.69, 9.17) is 10.5 Å². The van der Waals surface area contributed by atoms with Gasteiger partial charge in [-0.15, -0.1) is 0 Å². The molecule has 18 heavy (non-hydrogen) atoms. The van der Waals surface area contributed by atoms with E-state index in [-0.39, 0.29) is 6.04 Å². The van der Waals surface area contributed by atoms with Crippen molar-refractivity contribution in [2.24, 2.45) is 35.3 Å². The molecule has 1 aromatic rings. The number of ether oxygens (including phenoxy) is 1. The van der Waals surface area contributed by atoms with Gasteiger partial charge in [-0.05, 0) is 60.5 Å². The quantitative estimate of drug-likeness (QED) is 0.888. The fraction of sp³-hybridized carbons (Fsp3) is 0.667. The third-order valence-corrected chi connectivity index (χ3v) is 5.56. The number of nitrogens with zero attached hydrogens (tertiary/aromatic N) is 1. The lowest BCUT2D eigenvalue weighted by Crippen LogP contribution is -2.17. The van der Waals surface area contributed by atoms with E-state index in [2.05, 4.69) is 4.98 Å². The smallest absolute Gasteiger partial charge is 0.137 e. The minimum Gasteiger partial charge on any atom is -0.495 e. The molecule has 3 aliphatic rings. The Labute approximate surface area is 108 Å². The first kappa shape index (κ1) is 10.8. The number of fused-ring (bicyclic) bond motifs is 5. The molecule has 3 saturated carbocycles. The Kier molecular flexibility index (Phi) is 2.22. The number of nitrogens with two attached hydrogens (primary N) is 1. The van der Waals surface area contributed by atoms with Gasteiger partial charge in [-0.1, -0.05) is 0 Å². The van der Waals surface area contributed by atoms with E-state index in [1.807, 2.05) is 12.3 Å². The molecule has 0 aromatic carbocycles. The van der Waals surface area contributed by atoms with Gasteiger partial charge in [-0.3, -0.25) is 4.98 Å².